The fraction of sp³-hybridized carbons (Fsp3) is 0.533. The van der Waals surface area contributed by atoms with Gasteiger partial charge >= 0.3 is 5.97 Å². The third-order valence-electron chi connectivity index (χ3n) is 4.06. The van der Waals surface area contributed by atoms with Crippen molar-refractivity contribution >= 4 is 11.7 Å². The number of carboxylic acid groups (broad SMARTS) is 1. The summed E-state index contributed by atoms with van der Waals surface area (Å²) in [5, 5.41) is 12.6. The summed E-state index contributed by atoms with van der Waals surface area (Å²) < 4.78 is 0. The van der Waals surface area contributed by atoms with Crippen LogP contribution in [0.15, 0.2) is 18.2 Å². The van der Waals surface area contributed by atoms with Crippen LogP contribution in [0.25, 0.3) is 0 Å². The van der Waals surface area contributed by atoms with Crippen LogP contribution >= 0.6 is 0 Å². The Kier molecular flexibility index (Phi) is 2.77. The second-order valence-electron chi connectivity index (χ2n) is 5.68. The van der Waals surface area contributed by atoms with E-state index in [2.05, 4.69) is 5.32 Å². The van der Waals surface area contributed by atoms with Crippen molar-refractivity contribution in [2.75, 3.05) is 5.32 Å². The van der Waals surface area contributed by atoms with Crippen molar-refractivity contribution in [1.82, 2.24) is 0 Å². The molecule has 0 radical (unpaired) electrons. The number of aromatic carboxylic acids is 1. The minimum atomic E-state index is -0.856. The van der Waals surface area contributed by atoms with Crippen molar-refractivity contribution in [3.63, 3.8) is 0 Å². The SMILES string of the molecule is Cc1cc(C(=O)O)ccc1NC(C1CC1)C1CC1. The van der Waals surface area contributed by atoms with Crippen molar-refractivity contribution in [3.8, 4) is 0 Å². The van der Waals surface area contributed by atoms with Gasteiger partial charge in [0.1, 0.15) is 0 Å². The first-order valence-electron chi connectivity index (χ1n) is 6.75. The van der Waals surface area contributed by atoms with Crippen LogP contribution in [0.1, 0.15) is 41.6 Å². The molecule has 2 aliphatic carbocycles. The molecular weight excluding hydrogens is 226 g/mol. The summed E-state index contributed by atoms with van der Waals surface area (Å²) in [6.45, 7) is 1.98. The first-order chi connectivity index (χ1) is 8.65. The molecule has 3 heteroatoms. The number of rotatable bonds is 5. The quantitative estimate of drug-likeness (QED) is 0.836. The highest BCUT2D eigenvalue weighted by atomic mass is 16.4. The van der Waals surface area contributed by atoms with Crippen LogP contribution in [-0.4, -0.2) is 17.1 Å². The summed E-state index contributed by atoms with van der Waals surface area (Å²) >= 11 is 0. The van der Waals surface area contributed by atoms with Crippen molar-refractivity contribution < 1.29 is 9.90 Å². The summed E-state index contributed by atoms with van der Waals surface area (Å²) in [5.41, 5.74) is 2.50. The predicted octanol–water partition coefficient (Wildman–Crippen LogP) is 3.29. The molecular formula is C15H19NO2. The molecule has 1 aromatic carbocycles. The van der Waals surface area contributed by atoms with Gasteiger partial charge in [-0.25, -0.2) is 4.79 Å². The molecule has 0 spiro atoms. The van der Waals surface area contributed by atoms with E-state index in [1.165, 1.54) is 25.7 Å². The smallest absolute Gasteiger partial charge is 0.335 e. The van der Waals surface area contributed by atoms with Gasteiger partial charge in [-0.05, 0) is 68.2 Å². The van der Waals surface area contributed by atoms with Crippen LogP contribution in [0.4, 0.5) is 5.69 Å². The monoisotopic (exact) mass is 245 g/mol. The summed E-state index contributed by atoms with van der Waals surface area (Å²) in [5.74, 6) is 0.831. The molecule has 2 fully saturated rings. The minimum Gasteiger partial charge on any atom is -0.478 e. The lowest BCUT2D eigenvalue weighted by atomic mass is 10.0. The van der Waals surface area contributed by atoms with Gasteiger partial charge in [-0.3, -0.25) is 0 Å². The summed E-state index contributed by atoms with van der Waals surface area (Å²) in [4.78, 5) is 10.9. The second kappa shape index (κ2) is 4.30. The van der Waals surface area contributed by atoms with Gasteiger partial charge in [-0.15, -0.1) is 0 Å². The first kappa shape index (κ1) is 11.6. The highest BCUT2D eigenvalue weighted by Crippen LogP contribution is 2.46. The van der Waals surface area contributed by atoms with Crippen LogP contribution in [0.2, 0.25) is 0 Å². The highest BCUT2D eigenvalue weighted by Gasteiger charge is 2.41. The van der Waals surface area contributed by atoms with Crippen molar-refractivity contribution in [2.45, 2.75) is 38.6 Å². The third-order valence-corrected chi connectivity index (χ3v) is 4.06. The van der Waals surface area contributed by atoms with Gasteiger partial charge in [-0.2, -0.15) is 0 Å². The first-order valence-corrected chi connectivity index (χ1v) is 6.75. The zero-order valence-electron chi connectivity index (χ0n) is 10.6. The normalized spacial score (nSPS) is 19.0. The number of anilines is 1. The van der Waals surface area contributed by atoms with E-state index >= 15 is 0 Å². The maximum Gasteiger partial charge on any atom is 0.335 e. The molecule has 2 aliphatic rings. The van der Waals surface area contributed by atoms with Crippen molar-refractivity contribution in [1.29, 1.82) is 0 Å². The highest BCUT2D eigenvalue weighted by molar-refractivity contribution is 5.88. The van der Waals surface area contributed by atoms with E-state index in [0.29, 0.717) is 11.6 Å². The standard InChI is InChI=1S/C15H19NO2/c1-9-8-12(15(17)18)6-7-13(9)16-14(10-2-3-10)11-4-5-11/h6-8,10-11,14,16H,2-5H2,1H3,(H,17,18). The van der Waals surface area contributed by atoms with Crippen LogP contribution in [0.3, 0.4) is 0 Å². The van der Waals surface area contributed by atoms with Gasteiger partial charge in [-0.1, -0.05) is 0 Å². The zero-order valence-corrected chi connectivity index (χ0v) is 10.6. The topological polar surface area (TPSA) is 49.3 Å². The predicted molar refractivity (Wildman–Crippen MR) is 71.0 cm³/mol. The molecule has 0 bridgehead atoms. The van der Waals surface area contributed by atoms with E-state index in [0.717, 1.165) is 23.1 Å². The Morgan fingerprint density at radius 1 is 1.28 bits per heavy atom. The number of nitrogens with one attached hydrogen (secondary N) is 1. The molecule has 2 saturated carbocycles. The number of hydrogen-bond donors (Lipinski definition) is 2. The minimum absolute atomic E-state index is 0.368. The maximum absolute atomic E-state index is 10.9. The Morgan fingerprint density at radius 3 is 2.33 bits per heavy atom. The molecule has 0 heterocycles. The molecule has 0 aromatic heterocycles. The lowest BCUT2D eigenvalue weighted by molar-refractivity contribution is 0.0697. The largest absolute Gasteiger partial charge is 0.478 e. The fourth-order valence-electron chi connectivity index (χ4n) is 2.67. The maximum atomic E-state index is 10.9. The molecule has 3 rings (SSSR count). The molecule has 2 N–H and O–H groups in total. The van der Waals surface area contributed by atoms with Gasteiger partial charge in [0.05, 0.1) is 5.56 Å². The van der Waals surface area contributed by atoms with Crippen molar-refractivity contribution in [3.05, 3.63) is 29.3 Å². The number of hydrogen-bond acceptors (Lipinski definition) is 2. The van der Waals surface area contributed by atoms with E-state index in [1.54, 1.807) is 12.1 Å². The van der Waals surface area contributed by atoms with E-state index in [9.17, 15) is 4.79 Å². The van der Waals surface area contributed by atoms with Crippen LogP contribution in [0, 0.1) is 18.8 Å². The van der Waals surface area contributed by atoms with Gasteiger partial charge in [0.15, 0.2) is 0 Å². The van der Waals surface area contributed by atoms with Gasteiger partial charge < -0.3 is 10.4 Å². The lowest BCUT2D eigenvalue weighted by Gasteiger charge is -2.20. The number of aryl methyl sites for hydroxylation is 1. The summed E-state index contributed by atoms with van der Waals surface area (Å²) in [6.07, 6.45) is 5.39. The van der Waals surface area contributed by atoms with Crippen LogP contribution < -0.4 is 5.32 Å². The molecule has 0 atom stereocenters. The Balaban J connectivity index is 1.77. The zero-order chi connectivity index (χ0) is 12.7. The Labute approximate surface area is 107 Å². The number of benzene rings is 1. The van der Waals surface area contributed by atoms with E-state index < -0.39 is 5.97 Å². The second-order valence-corrected chi connectivity index (χ2v) is 5.68. The average molecular weight is 245 g/mol. The molecule has 1 aromatic rings. The molecule has 0 unspecified atom stereocenters. The molecule has 0 amide bonds. The van der Waals surface area contributed by atoms with Crippen molar-refractivity contribution in [2.24, 2.45) is 11.8 Å². The lowest BCUT2D eigenvalue weighted by Crippen LogP contribution is -2.24. The van der Waals surface area contributed by atoms with Gasteiger partial charge in [0, 0.05) is 11.7 Å². The molecule has 18 heavy (non-hydrogen) atoms. The number of carboxylic acids is 1. The third kappa shape index (κ3) is 2.35. The number of carbonyl (C=O) groups is 1. The molecule has 3 nitrogen and oxygen atoms in total. The van der Waals surface area contributed by atoms with E-state index in [4.69, 9.17) is 5.11 Å². The van der Waals surface area contributed by atoms with Crippen LogP contribution in [0.5, 0.6) is 0 Å². The summed E-state index contributed by atoms with van der Waals surface area (Å²) in [6, 6.07) is 5.96. The average Bonchev–Trinajstić information content (AvgIpc) is 3.19. The fourth-order valence-corrected chi connectivity index (χ4v) is 2.67. The Morgan fingerprint density at radius 2 is 1.89 bits per heavy atom. The molecule has 0 aliphatic heterocycles. The molecule has 96 valence electrons. The van der Waals surface area contributed by atoms with E-state index in [1.807, 2.05) is 13.0 Å². The molecule has 0 saturated heterocycles. The van der Waals surface area contributed by atoms with E-state index in [-0.39, 0.29) is 0 Å². The summed E-state index contributed by atoms with van der Waals surface area (Å²) in [7, 11) is 0. The van der Waals surface area contributed by atoms with Gasteiger partial charge in [0.2, 0.25) is 0 Å². The van der Waals surface area contributed by atoms with Gasteiger partial charge in [0.25, 0.3) is 0 Å². The Bertz CT molecular complexity index is 463. The van der Waals surface area contributed by atoms with Crippen LogP contribution in [-0.2, 0) is 0 Å². The Hall–Kier alpha value is -1.51.